The molecular weight excluding hydrogens is 587 g/mol. The van der Waals surface area contributed by atoms with Crippen molar-refractivity contribution < 1.29 is 27.1 Å². The Morgan fingerprint density at radius 2 is 1.75 bits per heavy atom. The van der Waals surface area contributed by atoms with E-state index < -0.39 is 21.2 Å². The Kier molecular flexibility index (Phi) is 7.42. The van der Waals surface area contributed by atoms with E-state index in [4.69, 9.17) is 9.47 Å². The molecule has 5 aliphatic rings. The Labute approximate surface area is 254 Å². The molecule has 0 saturated heterocycles. The van der Waals surface area contributed by atoms with Crippen molar-refractivity contribution in [3.63, 3.8) is 0 Å². The van der Waals surface area contributed by atoms with E-state index in [1.54, 1.807) is 31.2 Å². The number of pyridine rings is 1. The largest absolute Gasteiger partial charge is 0.454 e. The molecular formula is C32H35FN4O6S. The number of hydrogen-bond donors (Lipinski definition) is 1. The molecule has 4 bridgehead atoms. The fourth-order valence-corrected chi connectivity index (χ4v) is 9.08. The number of nitrogens with zero attached hydrogens (tertiary/aromatic N) is 3. The van der Waals surface area contributed by atoms with Crippen molar-refractivity contribution in [1.82, 2.24) is 19.9 Å². The van der Waals surface area contributed by atoms with Gasteiger partial charge in [0.2, 0.25) is 27.7 Å². The molecule has 3 aromatic rings. The molecule has 8 rings (SSSR count). The molecule has 12 heteroatoms. The number of sulfone groups is 1. The van der Waals surface area contributed by atoms with E-state index in [9.17, 15) is 22.4 Å². The van der Waals surface area contributed by atoms with Crippen LogP contribution in [0.2, 0.25) is 0 Å². The minimum Gasteiger partial charge on any atom is -0.454 e. The highest BCUT2D eigenvalue weighted by Crippen LogP contribution is 2.53. The molecule has 4 fully saturated rings. The molecule has 0 radical (unpaired) electrons. The lowest BCUT2D eigenvalue weighted by Gasteiger charge is -2.54. The van der Waals surface area contributed by atoms with E-state index in [0.717, 1.165) is 17.9 Å². The number of aromatic nitrogens is 3. The van der Waals surface area contributed by atoms with Gasteiger partial charge in [-0.25, -0.2) is 22.8 Å². The lowest BCUT2D eigenvalue weighted by atomic mass is 9.54. The summed E-state index contributed by atoms with van der Waals surface area (Å²) in [4.78, 5) is 33.9. The zero-order valence-electron chi connectivity index (χ0n) is 24.5. The second-order valence-corrected chi connectivity index (χ2v) is 14.8. The molecule has 2 aromatic heterocycles. The van der Waals surface area contributed by atoms with Crippen LogP contribution in [0.25, 0.3) is 11.3 Å². The first kappa shape index (κ1) is 28.9. The van der Waals surface area contributed by atoms with Crippen LogP contribution in [0, 0.1) is 36.4 Å². The second-order valence-electron chi connectivity index (χ2n) is 12.8. The molecule has 0 unspecified atom stereocenters. The lowest BCUT2D eigenvalue weighted by Crippen LogP contribution is -2.55. The average Bonchev–Trinajstić information content (AvgIpc) is 3.44. The number of halogens is 1. The van der Waals surface area contributed by atoms with E-state index >= 15 is 0 Å². The molecule has 0 spiro atoms. The summed E-state index contributed by atoms with van der Waals surface area (Å²) in [5.74, 6) is 2.47. The predicted octanol–water partition coefficient (Wildman–Crippen LogP) is 4.02. The Bertz CT molecular complexity index is 1760. The van der Waals surface area contributed by atoms with Gasteiger partial charge in [0.05, 0.1) is 18.0 Å². The Balaban J connectivity index is 1.03. The normalized spacial score (nSPS) is 24.9. The van der Waals surface area contributed by atoms with Crippen LogP contribution in [0.1, 0.15) is 56.2 Å². The lowest BCUT2D eigenvalue weighted by molar-refractivity contribution is -0.125. The third-order valence-electron chi connectivity index (χ3n) is 9.61. The van der Waals surface area contributed by atoms with Gasteiger partial charge in [0, 0.05) is 29.9 Å². The van der Waals surface area contributed by atoms with Gasteiger partial charge in [-0.15, -0.1) is 0 Å². The summed E-state index contributed by atoms with van der Waals surface area (Å²) in [5.41, 5.74) is 0.662. The molecule has 1 amide bonds. The molecule has 0 atom stereocenters. The molecule has 1 N–H and O–H groups in total. The molecule has 44 heavy (non-hydrogen) atoms. The van der Waals surface area contributed by atoms with Crippen LogP contribution in [-0.2, 0) is 21.2 Å². The van der Waals surface area contributed by atoms with Crippen LogP contribution in [0.5, 0.6) is 11.5 Å². The molecule has 4 aliphatic carbocycles. The fraction of sp³-hybridized carbons (Fsp3) is 0.500. The number of amides is 1. The summed E-state index contributed by atoms with van der Waals surface area (Å²) in [6.07, 6.45) is 7.81. The average molecular weight is 623 g/mol. The van der Waals surface area contributed by atoms with Crippen LogP contribution in [0.4, 0.5) is 4.39 Å². The van der Waals surface area contributed by atoms with Crippen molar-refractivity contribution in [2.24, 2.45) is 23.7 Å². The number of aryl methyl sites for hydroxylation is 1. The molecule has 232 valence electrons. The van der Waals surface area contributed by atoms with Gasteiger partial charge in [-0.2, -0.15) is 0 Å². The summed E-state index contributed by atoms with van der Waals surface area (Å²) < 4.78 is 53.2. The number of benzene rings is 1. The summed E-state index contributed by atoms with van der Waals surface area (Å²) in [6.45, 7) is 1.79. The summed E-state index contributed by atoms with van der Waals surface area (Å²) >= 11 is 0. The SMILES string of the molecule is Cc1cc(-c2cc(F)c(=O)n(Cc3ccc4c(c3)OCO4)c2)nc(S(=O)(=O)CCCC(=O)NC2C3CC4CC(C3)CC2C4)n1. The van der Waals surface area contributed by atoms with Crippen molar-refractivity contribution in [2.75, 3.05) is 12.5 Å². The van der Waals surface area contributed by atoms with Crippen molar-refractivity contribution in [1.29, 1.82) is 0 Å². The van der Waals surface area contributed by atoms with E-state index in [-0.39, 0.29) is 60.3 Å². The van der Waals surface area contributed by atoms with Crippen molar-refractivity contribution in [3.8, 4) is 22.8 Å². The molecule has 10 nitrogen and oxygen atoms in total. The fourth-order valence-electron chi connectivity index (χ4n) is 7.85. The highest BCUT2D eigenvalue weighted by molar-refractivity contribution is 7.91. The first-order chi connectivity index (χ1) is 21.1. The van der Waals surface area contributed by atoms with Gasteiger partial charge >= 0.3 is 0 Å². The minimum atomic E-state index is -3.93. The zero-order chi connectivity index (χ0) is 30.6. The minimum absolute atomic E-state index is 0.0566. The topological polar surface area (TPSA) is 129 Å². The Morgan fingerprint density at radius 3 is 2.50 bits per heavy atom. The highest BCUT2D eigenvalue weighted by atomic mass is 32.2. The molecule has 1 aliphatic heterocycles. The van der Waals surface area contributed by atoms with Gasteiger partial charge in [0.15, 0.2) is 17.3 Å². The van der Waals surface area contributed by atoms with Gasteiger partial charge in [0.25, 0.3) is 5.56 Å². The van der Waals surface area contributed by atoms with Crippen LogP contribution in [-0.4, -0.2) is 47.4 Å². The van der Waals surface area contributed by atoms with Crippen molar-refractivity contribution in [3.05, 3.63) is 64.0 Å². The smallest absolute Gasteiger partial charge is 0.286 e. The predicted molar refractivity (Wildman–Crippen MR) is 158 cm³/mol. The van der Waals surface area contributed by atoms with Crippen molar-refractivity contribution >= 4 is 15.7 Å². The van der Waals surface area contributed by atoms with E-state index in [0.29, 0.717) is 34.6 Å². The summed E-state index contributed by atoms with van der Waals surface area (Å²) in [5, 5.41) is 2.84. The maximum Gasteiger partial charge on any atom is 0.286 e. The summed E-state index contributed by atoms with van der Waals surface area (Å²) in [7, 11) is -3.93. The third-order valence-corrected chi connectivity index (χ3v) is 11.2. The Morgan fingerprint density at radius 1 is 1.02 bits per heavy atom. The molecule has 1 aromatic carbocycles. The number of nitrogens with one attached hydrogen (secondary N) is 1. The Hall–Kier alpha value is -3.80. The maximum absolute atomic E-state index is 14.8. The second kappa shape index (κ2) is 11.3. The molecule has 4 saturated carbocycles. The number of rotatable bonds is 9. The number of hydrogen-bond acceptors (Lipinski definition) is 8. The van der Waals surface area contributed by atoms with Crippen LogP contribution >= 0.6 is 0 Å². The number of carbonyl (C=O) groups is 1. The third kappa shape index (κ3) is 5.71. The van der Waals surface area contributed by atoms with Gasteiger partial charge in [-0.05, 0) is 98.9 Å². The number of carbonyl (C=O) groups excluding carboxylic acids is 1. The number of fused-ring (bicyclic) bond motifs is 1. The van der Waals surface area contributed by atoms with E-state index in [1.165, 1.54) is 42.9 Å². The first-order valence-electron chi connectivity index (χ1n) is 15.3. The van der Waals surface area contributed by atoms with Gasteiger partial charge in [-0.3, -0.25) is 9.59 Å². The van der Waals surface area contributed by atoms with E-state index in [2.05, 4.69) is 15.3 Å². The maximum atomic E-state index is 14.8. The highest BCUT2D eigenvalue weighted by Gasteiger charge is 2.48. The first-order valence-corrected chi connectivity index (χ1v) is 16.9. The monoisotopic (exact) mass is 622 g/mol. The van der Waals surface area contributed by atoms with E-state index in [1.807, 2.05) is 0 Å². The zero-order valence-corrected chi connectivity index (χ0v) is 25.3. The molecule has 3 heterocycles. The van der Waals surface area contributed by atoms with Crippen molar-refractivity contribution in [2.45, 2.75) is 69.6 Å². The van der Waals surface area contributed by atoms with Gasteiger partial charge in [0.1, 0.15) is 0 Å². The van der Waals surface area contributed by atoms with Gasteiger partial charge < -0.3 is 19.4 Å². The van der Waals surface area contributed by atoms with Crippen LogP contribution < -0.4 is 20.3 Å². The van der Waals surface area contributed by atoms with Crippen LogP contribution in [0.15, 0.2) is 46.5 Å². The quantitative estimate of drug-likeness (QED) is 0.355. The standard InChI is InChI=1S/C32H35FN4O6S/c1-18-7-26(24-14-25(33)31(39)37(16-24)15-19-4-5-27-28(13-19)43-17-42-27)35-32(34-18)44(40,41)6-2-3-29(38)36-30-22-9-20-8-21(11-22)12-23(30)10-20/h4-5,7,13-14,16,20-23,30H,2-3,6,8-12,15,17H2,1H3,(H,36,38). The van der Waals surface area contributed by atoms with Crippen LogP contribution in [0.3, 0.4) is 0 Å². The number of ether oxygens (including phenoxy) is 2. The summed E-state index contributed by atoms with van der Waals surface area (Å²) in [6, 6.07) is 8.01. The van der Waals surface area contributed by atoms with Gasteiger partial charge in [-0.1, -0.05) is 6.07 Å².